The highest BCUT2D eigenvalue weighted by Gasteiger charge is 2.44. The van der Waals surface area contributed by atoms with Gasteiger partial charge in [-0.1, -0.05) is 6.92 Å². The molecule has 0 aromatic heterocycles. The van der Waals surface area contributed by atoms with Gasteiger partial charge in [-0.05, 0) is 26.7 Å². The maximum Gasteiger partial charge on any atom is 0.307 e. The van der Waals surface area contributed by atoms with E-state index in [-0.39, 0.29) is 31.1 Å². The fraction of sp³-hybridized carbons (Fsp3) is 0.800. The van der Waals surface area contributed by atoms with Gasteiger partial charge in [0.25, 0.3) is 5.91 Å². The van der Waals surface area contributed by atoms with Crippen molar-refractivity contribution < 1.29 is 24.0 Å². The number of carbonyl (C=O) groups is 3. The zero-order chi connectivity index (χ0) is 17.8. The highest BCUT2D eigenvalue weighted by molar-refractivity contribution is 5.88. The normalized spacial score (nSPS) is 24.3. The van der Waals surface area contributed by atoms with E-state index in [1.807, 2.05) is 0 Å². The molecule has 23 heavy (non-hydrogen) atoms. The van der Waals surface area contributed by atoms with E-state index in [1.54, 1.807) is 27.7 Å². The summed E-state index contributed by atoms with van der Waals surface area (Å²) >= 11 is 0. The maximum atomic E-state index is 11.9. The number of hydrogen-bond acceptors (Lipinski definition) is 6. The van der Waals surface area contributed by atoms with E-state index in [0.29, 0.717) is 0 Å². The van der Waals surface area contributed by atoms with E-state index in [2.05, 4.69) is 5.32 Å². The van der Waals surface area contributed by atoms with E-state index in [1.165, 1.54) is 0 Å². The minimum atomic E-state index is -0.700. The van der Waals surface area contributed by atoms with Crippen molar-refractivity contribution in [1.82, 2.24) is 5.32 Å². The fourth-order valence-electron chi connectivity index (χ4n) is 2.84. The molecule has 1 fully saturated rings. The van der Waals surface area contributed by atoms with Gasteiger partial charge in [-0.25, -0.2) is 0 Å². The van der Waals surface area contributed by atoms with E-state index in [0.717, 1.165) is 0 Å². The molecule has 0 aliphatic heterocycles. The second-order valence-corrected chi connectivity index (χ2v) is 7.10. The Bertz CT molecular complexity index is 497. The number of Topliss-reactive ketones (excluding diaryl/α,β-unsaturated/α-hetero) is 1. The Labute approximate surface area is 135 Å². The van der Waals surface area contributed by atoms with E-state index >= 15 is 0 Å². The third kappa shape index (κ3) is 6.33. The van der Waals surface area contributed by atoms with Crippen LogP contribution in [0.25, 0.3) is 0 Å². The predicted octanol–water partition coefficient (Wildman–Crippen LogP) is 0.952. The van der Waals surface area contributed by atoms with Gasteiger partial charge in [0, 0.05) is 28.7 Å². The molecule has 1 aliphatic carbocycles. The lowest BCUT2D eigenvalue weighted by Gasteiger charge is -2.20. The smallest absolute Gasteiger partial charge is 0.307 e. The van der Waals surface area contributed by atoms with Crippen LogP contribution in [0.1, 0.15) is 40.5 Å². The van der Waals surface area contributed by atoms with Gasteiger partial charge in [-0.2, -0.15) is 0 Å². The van der Waals surface area contributed by atoms with E-state index in [9.17, 15) is 24.5 Å². The summed E-state index contributed by atoms with van der Waals surface area (Å²) in [4.78, 5) is 45.6. The number of nitrogens with one attached hydrogen (secondary N) is 1. The van der Waals surface area contributed by atoms with Crippen molar-refractivity contribution in [2.75, 3.05) is 13.2 Å². The molecule has 0 aromatic rings. The first kappa shape index (κ1) is 19.1. The fourth-order valence-corrected chi connectivity index (χ4v) is 2.84. The molecule has 8 heteroatoms. The van der Waals surface area contributed by atoms with Crippen LogP contribution in [-0.2, 0) is 19.1 Å². The Balaban J connectivity index is 2.53. The number of amides is 1. The number of nitrogens with zero attached hydrogens (tertiary/aromatic N) is 1. The molecule has 0 bridgehead atoms. The first-order chi connectivity index (χ1) is 10.5. The third-order valence-corrected chi connectivity index (χ3v) is 3.81. The highest BCUT2D eigenvalue weighted by atomic mass is 16.6. The molecule has 1 saturated carbocycles. The largest absolute Gasteiger partial charge is 0.456 e. The van der Waals surface area contributed by atoms with Crippen LogP contribution in [0.3, 0.4) is 0 Å². The number of carbonyl (C=O) groups excluding carboxylic acids is 3. The zero-order valence-corrected chi connectivity index (χ0v) is 14.0. The molecule has 1 amide bonds. The van der Waals surface area contributed by atoms with Crippen molar-refractivity contribution in [1.29, 1.82) is 0 Å². The van der Waals surface area contributed by atoms with Crippen LogP contribution in [0, 0.1) is 27.9 Å². The highest BCUT2D eigenvalue weighted by Crippen LogP contribution is 2.36. The summed E-state index contributed by atoms with van der Waals surface area (Å²) in [5.74, 6) is -2.56. The number of esters is 1. The van der Waals surface area contributed by atoms with Gasteiger partial charge in [0.05, 0.1) is 6.42 Å². The number of nitro groups is 1. The second kappa shape index (κ2) is 7.52. The van der Waals surface area contributed by atoms with E-state index < -0.39 is 40.8 Å². The van der Waals surface area contributed by atoms with E-state index in [4.69, 9.17) is 4.74 Å². The Morgan fingerprint density at radius 2 is 2.00 bits per heavy atom. The van der Waals surface area contributed by atoms with Crippen molar-refractivity contribution in [3.8, 4) is 0 Å². The van der Waals surface area contributed by atoms with Crippen LogP contribution >= 0.6 is 0 Å². The summed E-state index contributed by atoms with van der Waals surface area (Å²) in [6.45, 7) is 6.41. The average molecular weight is 328 g/mol. The molecule has 0 unspecified atom stereocenters. The standard InChI is InChI=1S/C15H24N2O6/c1-9-5-12(18)10(11(9)7-17(21)22)6-14(20)23-8-13(19)16-15(2,3)4/h9-11H,5-8H2,1-4H3,(H,16,19)/t9-,10-,11-/m1/s1. The Morgan fingerprint density at radius 3 is 2.52 bits per heavy atom. The van der Waals surface area contributed by atoms with Crippen LogP contribution in [-0.4, -0.2) is 41.3 Å². The van der Waals surface area contributed by atoms with Crippen molar-refractivity contribution >= 4 is 17.7 Å². The molecule has 0 spiro atoms. The monoisotopic (exact) mass is 328 g/mol. The number of ether oxygens (including phenoxy) is 1. The zero-order valence-electron chi connectivity index (χ0n) is 14.0. The van der Waals surface area contributed by atoms with Gasteiger partial charge in [0.2, 0.25) is 6.54 Å². The topological polar surface area (TPSA) is 116 Å². The van der Waals surface area contributed by atoms with Crippen LogP contribution in [0.4, 0.5) is 0 Å². The van der Waals surface area contributed by atoms with Gasteiger partial charge < -0.3 is 10.1 Å². The molecule has 1 rings (SSSR count). The number of ketones is 1. The molecule has 1 N–H and O–H groups in total. The summed E-state index contributed by atoms with van der Waals surface area (Å²) < 4.78 is 4.88. The van der Waals surface area contributed by atoms with Crippen molar-refractivity contribution in [2.24, 2.45) is 17.8 Å². The predicted molar refractivity (Wildman–Crippen MR) is 81.1 cm³/mol. The quantitative estimate of drug-likeness (QED) is 0.441. The Hall–Kier alpha value is -1.99. The molecule has 0 saturated heterocycles. The molecule has 3 atom stereocenters. The molecule has 130 valence electrons. The Kier molecular flexibility index (Phi) is 6.23. The van der Waals surface area contributed by atoms with Crippen LogP contribution < -0.4 is 5.32 Å². The maximum absolute atomic E-state index is 11.9. The molecular weight excluding hydrogens is 304 g/mol. The summed E-state index contributed by atoms with van der Waals surface area (Å²) in [5.41, 5.74) is -0.433. The van der Waals surface area contributed by atoms with Crippen LogP contribution in [0.2, 0.25) is 0 Å². The molecule has 0 radical (unpaired) electrons. The van der Waals surface area contributed by atoms with Gasteiger partial charge >= 0.3 is 5.97 Å². The summed E-state index contributed by atoms with van der Waals surface area (Å²) in [6, 6.07) is 0. The lowest BCUT2D eigenvalue weighted by atomic mass is 9.88. The SMILES string of the molecule is C[C@@H]1CC(=O)[C@H](CC(=O)OCC(=O)NC(C)(C)C)[C@@H]1C[N+](=O)[O-]. The van der Waals surface area contributed by atoms with Crippen molar-refractivity contribution in [2.45, 2.75) is 46.1 Å². The average Bonchev–Trinajstić information content (AvgIpc) is 2.61. The van der Waals surface area contributed by atoms with Gasteiger partial charge in [0.1, 0.15) is 5.78 Å². The first-order valence-electron chi connectivity index (χ1n) is 7.60. The summed E-state index contributed by atoms with van der Waals surface area (Å²) in [5, 5.41) is 13.4. The van der Waals surface area contributed by atoms with Gasteiger partial charge in [0.15, 0.2) is 6.61 Å². The van der Waals surface area contributed by atoms with Gasteiger partial charge in [-0.15, -0.1) is 0 Å². The molecular formula is C15H24N2O6. The summed E-state index contributed by atoms with van der Waals surface area (Å²) in [6.07, 6.45) is 0.0193. The molecule has 0 heterocycles. The third-order valence-electron chi connectivity index (χ3n) is 3.81. The first-order valence-corrected chi connectivity index (χ1v) is 7.60. The summed E-state index contributed by atoms with van der Waals surface area (Å²) in [7, 11) is 0. The number of hydrogen-bond donors (Lipinski definition) is 1. The second-order valence-electron chi connectivity index (χ2n) is 7.10. The molecule has 1 aliphatic rings. The van der Waals surface area contributed by atoms with Gasteiger partial charge in [-0.3, -0.25) is 24.5 Å². The molecule has 0 aromatic carbocycles. The Morgan fingerprint density at radius 1 is 1.39 bits per heavy atom. The molecule has 8 nitrogen and oxygen atoms in total. The van der Waals surface area contributed by atoms with Crippen molar-refractivity contribution in [3.63, 3.8) is 0 Å². The number of rotatable bonds is 6. The van der Waals surface area contributed by atoms with Crippen LogP contribution in [0.5, 0.6) is 0 Å². The minimum Gasteiger partial charge on any atom is -0.456 e. The van der Waals surface area contributed by atoms with Crippen molar-refractivity contribution in [3.05, 3.63) is 10.1 Å². The lowest BCUT2D eigenvalue weighted by molar-refractivity contribution is -0.490. The lowest BCUT2D eigenvalue weighted by Crippen LogP contribution is -2.42. The van der Waals surface area contributed by atoms with Crippen LogP contribution in [0.15, 0.2) is 0 Å². The minimum absolute atomic E-state index is 0.130.